The minimum absolute atomic E-state index is 0. The van der Waals surface area contributed by atoms with Crippen molar-refractivity contribution in [2.24, 2.45) is 0 Å². The summed E-state index contributed by atoms with van der Waals surface area (Å²) in [6.07, 6.45) is -15.5. The largest absolute Gasteiger partial charge is 0.460 e. The van der Waals surface area contributed by atoms with Gasteiger partial charge in [-0.3, -0.25) is 0 Å². The van der Waals surface area contributed by atoms with Gasteiger partial charge in [0.1, 0.15) is 0 Å². The van der Waals surface area contributed by atoms with Gasteiger partial charge in [-0.25, -0.2) is 16.8 Å². The molecule has 0 saturated heterocycles. The Labute approximate surface area is 196 Å². The predicted molar refractivity (Wildman–Crippen MR) is 68.5 cm³/mol. The predicted octanol–water partition coefficient (Wildman–Crippen LogP) is 3.71. The number of alkyl halides is 18. The van der Waals surface area contributed by atoms with Crippen LogP contribution in [0.25, 0.3) is 0 Å². The molecule has 201 valence electrons. The van der Waals surface area contributed by atoms with E-state index in [-0.39, 0.29) is 29.6 Å². The van der Waals surface area contributed by atoms with Crippen LogP contribution in [0.3, 0.4) is 0 Å². The van der Waals surface area contributed by atoms with Crippen LogP contribution < -0.4 is 4.13 Å². The van der Waals surface area contributed by atoms with Crippen LogP contribution in [0.4, 0.5) is 79.0 Å². The molecule has 0 rings (SSSR count). The Morgan fingerprint density at radius 1 is 0.382 bits per heavy atom. The molecule has 0 aromatic carbocycles. The second-order valence-corrected chi connectivity index (χ2v) is 9.12. The fraction of sp³-hybridized carbons (Fsp3) is 1.00. The van der Waals surface area contributed by atoms with Crippen LogP contribution in [0.5, 0.6) is 0 Å². The van der Waals surface area contributed by atoms with Gasteiger partial charge >= 0.3 is 46.6 Å². The SMILES string of the molecule is O=S(=O)(NS(=O)(=O)C(F)(F)C(F)(F)C(F)(F)C(F)(F)F)C(F)(F)C(F)(F)C(F)(F)C(F)(F)F.[Na]. The molecule has 0 aromatic rings. The van der Waals surface area contributed by atoms with Crippen LogP contribution in [0.1, 0.15) is 0 Å². The summed E-state index contributed by atoms with van der Waals surface area (Å²) < 4.78 is 268. The summed E-state index contributed by atoms with van der Waals surface area (Å²) in [4.78, 5) is 0. The van der Waals surface area contributed by atoms with Crippen molar-refractivity contribution in [2.75, 3.05) is 0 Å². The van der Waals surface area contributed by atoms with Gasteiger partial charge < -0.3 is 0 Å². The van der Waals surface area contributed by atoms with Crippen molar-refractivity contribution in [3.05, 3.63) is 0 Å². The topological polar surface area (TPSA) is 80.3 Å². The smallest absolute Gasteiger partial charge is 0.205 e. The van der Waals surface area contributed by atoms with Crippen molar-refractivity contribution in [1.29, 1.82) is 0 Å². The number of hydrogen-bond donors (Lipinski definition) is 1. The van der Waals surface area contributed by atoms with Crippen molar-refractivity contribution >= 4 is 49.6 Å². The summed E-state index contributed by atoms with van der Waals surface area (Å²) >= 11 is 0. The molecule has 5 nitrogen and oxygen atoms in total. The van der Waals surface area contributed by atoms with E-state index in [1.54, 1.807) is 0 Å². The molecule has 0 amide bonds. The quantitative estimate of drug-likeness (QED) is 0.339. The van der Waals surface area contributed by atoms with E-state index in [2.05, 4.69) is 0 Å². The Hall–Kier alpha value is -0.400. The normalized spacial score (nSPS) is 16.3. The first-order valence-electron chi connectivity index (χ1n) is 6.38. The van der Waals surface area contributed by atoms with Crippen LogP contribution in [0.15, 0.2) is 0 Å². The first-order chi connectivity index (χ1) is 13.7. The third-order valence-corrected chi connectivity index (χ3v) is 6.74. The molecule has 0 spiro atoms. The van der Waals surface area contributed by atoms with E-state index >= 15 is 0 Å². The number of nitrogens with one attached hydrogen (secondary N) is 1. The summed E-state index contributed by atoms with van der Waals surface area (Å²) in [5.74, 6) is -32.9. The zero-order valence-corrected chi connectivity index (χ0v) is 18.4. The molecule has 0 unspecified atom stereocenters. The maximum Gasteiger partial charge on any atom is 0.460 e. The molecule has 1 radical (unpaired) electrons. The molecule has 0 heterocycles. The van der Waals surface area contributed by atoms with Gasteiger partial charge in [-0.1, -0.05) is 4.13 Å². The van der Waals surface area contributed by atoms with E-state index in [0.29, 0.717) is 0 Å². The zero-order valence-electron chi connectivity index (χ0n) is 14.8. The Morgan fingerprint density at radius 3 is 0.706 bits per heavy atom. The van der Waals surface area contributed by atoms with Gasteiger partial charge in [-0.05, 0) is 0 Å². The van der Waals surface area contributed by atoms with Crippen LogP contribution in [-0.2, 0) is 20.0 Å². The summed E-state index contributed by atoms with van der Waals surface area (Å²) in [6.45, 7) is 0. The van der Waals surface area contributed by atoms with E-state index in [1.165, 1.54) is 0 Å². The van der Waals surface area contributed by atoms with Crippen molar-refractivity contribution < 1.29 is 95.9 Å². The minimum atomic E-state index is -8.68. The maximum absolute atomic E-state index is 13.2. The number of halogens is 18. The van der Waals surface area contributed by atoms with E-state index in [1.807, 2.05) is 0 Å². The Balaban J connectivity index is 0. The molecule has 0 saturated carbocycles. The fourth-order valence-corrected chi connectivity index (χ4v) is 4.23. The van der Waals surface area contributed by atoms with Gasteiger partial charge in [-0.2, -0.15) is 79.0 Å². The van der Waals surface area contributed by atoms with Crippen LogP contribution >= 0.6 is 0 Å². The summed E-state index contributed by atoms with van der Waals surface area (Å²) in [6, 6.07) is 0. The van der Waals surface area contributed by atoms with Gasteiger partial charge in [0.25, 0.3) is 20.0 Å². The van der Waals surface area contributed by atoms with Gasteiger partial charge in [0.2, 0.25) is 0 Å². The maximum atomic E-state index is 13.2. The average Bonchev–Trinajstić information content (AvgIpc) is 2.50. The summed E-state index contributed by atoms with van der Waals surface area (Å²) in [7, 11) is -17.4. The van der Waals surface area contributed by atoms with Crippen molar-refractivity contribution in [3.8, 4) is 0 Å². The van der Waals surface area contributed by atoms with Crippen LogP contribution in [0, 0.1) is 0 Å². The first-order valence-corrected chi connectivity index (χ1v) is 9.35. The number of sulfonamides is 2. The van der Waals surface area contributed by atoms with Gasteiger partial charge in [-0.15, -0.1) is 0 Å². The molecule has 34 heavy (non-hydrogen) atoms. The zero-order chi connectivity index (χ0) is 27.7. The summed E-state index contributed by atoms with van der Waals surface area (Å²) in [5.41, 5.74) is 0. The average molecular weight is 604 g/mol. The van der Waals surface area contributed by atoms with Crippen LogP contribution in [0.2, 0.25) is 0 Å². The van der Waals surface area contributed by atoms with Gasteiger partial charge in [0, 0.05) is 29.6 Å². The fourth-order valence-electron chi connectivity index (χ4n) is 1.31. The van der Waals surface area contributed by atoms with Crippen LogP contribution in [-0.4, -0.2) is 92.9 Å². The second-order valence-electron chi connectivity index (χ2n) is 5.42. The van der Waals surface area contributed by atoms with Gasteiger partial charge in [0.05, 0.1) is 0 Å². The third-order valence-electron chi connectivity index (χ3n) is 3.13. The number of hydrogen-bond acceptors (Lipinski definition) is 4. The third kappa shape index (κ3) is 4.91. The molecule has 1 N–H and O–H groups in total. The van der Waals surface area contributed by atoms with E-state index in [0.717, 1.165) is 0 Å². The molecule has 0 aromatic heterocycles. The molecule has 26 heteroatoms. The minimum Gasteiger partial charge on any atom is -0.205 e. The van der Waals surface area contributed by atoms with Crippen molar-refractivity contribution in [1.82, 2.24) is 4.13 Å². The molecule has 0 atom stereocenters. The Morgan fingerprint density at radius 2 is 0.559 bits per heavy atom. The van der Waals surface area contributed by atoms with E-state index in [9.17, 15) is 95.9 Å². The standard InChI is InChI=1S/C8HF18NO4S2.Na/c9-1(10,5(17,18)19)3(13,14)7(23,24)32(28,29)27-33(30,31)8(25,26)4(15,16)2(11,12)6(20,21)22;/h27H;. The second kappa shape index (κ2) is 8.86. The number of rotatable bonds is 8. The molecule has 0 aliphatic heterocycles. The van der Waals surface area contributed by atoms with Gasteiger partial charge in [0.15, 0.2) is 0 Å². The van der Waals surface area contributed by atoms with Crippen molar-refractivity contribution in [2.45, 2.75) is 46.6 Å². The Kier molecular flexibility index (Phi) is 9.32. The monoisotopic (exact) mass is 604 g/mol. The molecular formula is C8HF18NNaO4S2. The molecule has 0 bridgehead atoms. The van der Waals surface area contributed by atoms with Crippen molar-refractivity contribution in [3.63, 3.8) is 0 Å². The summed E-state index contributed by atoms with van der Waals surface area (Å²) in [5, 5.41) is -16.3. The Bertz CT molecular complexity index is 887. The van der Waals surface area contributed by atoms with E-state index in [4.69, 9.17) is 0 Å². The first kappa shape index (κ1) is 35.8. The van der Waals surface area contributed by atoms with E-state index < -0.39 is 70.7 Å². The molecule has 0 aliphatic carbocycles. The molecule has 0 aliphatic rings. The molecular weight excluding hydrogens is 603 g/mol. The molecule has 0 fully saturated rings.